The molecule has 0 unspecified atom stereocenters. The molecule has 4 aromatic rings. The number of carbonyl (C=O) groups is 2. The third-order valence-corrected chi connectivity index (χ3v) is 8.93. The van der Waals surface area contributed by atoms with E-state index in [-0.39, 0.29) is 41.2 Å². The van der Waals surface area contributed by atoms with E-state index in [4.69, 9.17) is 9.47 Å². The number of methoxy groups -OCH3 is 2. The molecule has 0 radical (unpaired) electrons. The molecule has 1 atom stereocenters. The first-order chi connectivity index (χ1) is 21.6. The molecule has 0 heterocycles. The molecule has 0 fully saturated rings. The smallest absolute Gasteiger partial charge is 0.264 e. The van der Waals surface area contributed by atoms with Gasteiger partial charge in [0, 0.05) is 19.0 Å². The van der Waals surface area contributed by atoms with Crippen molar-refractivity contribution in [1.29, 1.82) is 0 Å². The van der Waals surface area contributed by atoms with Gasteiger partial charge in [-0.2, -0.15) is 0 Å². The number of anilines is 1. The molecule has 0 saturated heterocycles. The highest BCUT2D eigenvalue weighted by atomic mass is 32.2. The highest BCUT2D eigenvalue weighted by Gasteiger charge is 2.35. The van der Waals surface area contributed by atoms with Gasteiger partial charge in [0.15, 0.2) is 0 Å². The van der Waals surface area contributed by atoms with E-state index in [1.807, 2.05) is 50.2 Å². The number of carbonyl (C=O) groups excluding carboxylic acids is 2. The Morgan fingerprint density at radius 3 is 2.04 bits per heavy atom. The molecule has 4 aromatic carbocycles. The Labute approximate surface area is 265 Å². The Bertz CT molecular complexity index is 1680. The molecule has 0 aliphatic carbocycles. The molecule has 236 valence electrons. The number of para-hydroxylation sites is 2. The Morgan fingerprint density at radius 1 is 0.778 bits per heavy atom. The van der Waals surface area contributed by atoms with Crippen LogP contribution in [-0.2, 0) is 32.6 Å². The Kier molecular flexibility index (Phi) is 11.2. The minimum absolute atomic E-state index is 0.0152. The molecule has 0 bridgehead atoms. The summed E-state index contributed by atoms with van der Waals surface area (Å²) in [6, 6.07) is 30.0. The van der Waals surface area contributed by atoms with E-state index in [1.165, 1.54) is 24.1 Å². The molecule has 10 heteroatoms. The number of amides is 2. The molecule has 9 nitrogen and oxygen atoms in total. The van der Waals surface area contributed by atoms with E-state index in [0.29, 0.717) is 11.3 Å². The second-order valence-corrected chi connectivity index (χ2v) is 12.6. The lowest BCUT2D eigenvalue weighted by Gasteiger charge is -2.34. The minimum atomic E-state index is -4.24. The van der Waals surface area contributed by atoms with Crippen molar-refractivity contribution in [3.05, 3.63) is 120 Å². The van der Waals surface area contributed by atoms with Gasteiger partial charge in [0.25, 0.3) is 10.0 Å². The van der Waals surface area contributed by atoms with E-state index in [9.17, 15) is 18.0 Å². The van der Waals surface area contributed by atoms with Crippen molar-refractivity contribution < 1.29 is 27.5 Å². The molecule has 0 aromatic heterocycles. The first-order valence-corrected chi connectivity index (χ1v) is 16.1. The highest BCUT2D eigenvalue weighted by molar-refractivity contribution is 7.92. The number of sulfonamides is 1. The van der Waals surface area contributed by atoms with Gasteiger partial charge in [-0.05, 0) is 61.4 Å². The fraction of sp³-hybridized carbons (Fsp3) is 0.257. The molecule has 1 N–H and O–H groups in total. The second-order valence-electron chi connectivity index (χ2n) is 10.7. The number of benzene rings is 4. The number of hydrogen-bond donors (Lipinski definition) is 1. The van der Waals surface area contributed by atoms with E-state index < -0.39 is 28.5 Å². The maximum atomic E-state index is 14.6. The predicted molar refractivity (Wildman–Crippen MR) is 175 cm³/mol. The standard InChI is InChI=1S/C35H39N3O6S/c1-26(2)36-35(40)32(23-27-14-7-5-8-15-27)37(24-28-16-13-17-29(22-28)43-3)34(39)25-38(31-20-11-12-21-33(31)44-4)45(41,42)30-18-9-6-10-19-30/h5-22,26,32H,23-25H2,1-4H3,(H,36,40)/t32-/m0/s1. The predicted octanol–water partition coefficient (Wildman–Crippen LogP) is 5.06. The molecule has 2 amide bonds. The monoisotopic (exact) mass is 629 g/mol. The third-order valence-electron chi connectivity index (χ3n) is 7.15. The van der Waals surface area contributed by atoms with Crippen molar-refractivity contribution in [2.24, 2.45) is 0 Å². The van der Waals surface area contributed by atoms with Crippen LogP contribution in [-0.4, -0.2) is 58.0 Å². The Balaban J connectivity index is 1.83. The highest BCUT2D eigenvalue weighted by Crippen LogP contribution is 2.32. The topological polar surface area (TPSA) is 105 Å². The summed E-state index contributed by atoms with van der Waals surface area (Å²) in [5, 5.41) is 2.96. The van der Waals surface area contributed by atoms with Crippen LogP contribution in [0.1, 0.15) is 25.0 Å². The first kappa shape index (κ1) is 33.1. The van der Waals surface area contributed by atoms with Gasteiger partial charge in [-0.25, -0.2) is 8.42 Å². The van der Waals surface area contributed by atoms with Crippen LogP contribution in [0.15, 0.2) is 114 Å². The molecular formula is C35H39N3O6S. The number of rotatable bonds is 14. The fourth-order valence-corrected chi connectivity index (χ4v) is 6.42. The van der Waals surface area contributed by atoms with Gasteiger partial charge in [0.2, 0.25) is 11.8 Å². The summed E-state index contributed by atoms with van der Waals surface area (Å²) < 4.78 is 40.3. The average molecular weight is 630 g/mol. The van der Waals surface area contributed by atoms with Crippen LogP contribution >= 0.6 is 0 Å². The zero-order valence-electron chi connectivity index (χ0n) is 25.9. The molecule has 0 aliphatic heterocycles. The summed E-state index contributed by atoms with van der Waals surface area (Å²) in [5.41, 5.74) is 1.76. The zero-order chi connectivity index (χ0) is 32.4. The lowest BCUT2D eigenvalue weighted by atomic mass is 10.0. The van der Waals surface area contributed by atoms with Crippen LogP contribution in [0.2, 0.25) is 0 Å². The summed E-state index contributed by atoms with van der Waals surface area (Å²) in [6.07, 6.45) is 0.217. The van der Waals surface area contributed by atoms with E-state index in [1.54, 1.807) is 67.8 Å². The van der Waals surface area contributed by atoms with Gasteiger partial charge in [-0.3, -0.25) is 13.9 Å². The Morgan fingerprint density at radius 2 is 1.40 bits per heavy atom. The molecule has 0 saturated carbocycles. The van der Waals surface area contributed by atoms with Crippen LogP contribution in [0.5, 0.6) is 11.5 Å². The van der Waals surface area contributed by atoms with Crippen molar-refractivity contribution in [2.75, 3.05) is 25.1 Å². The number of nitrogens with one attached hydrogen (secondary N) is 1. The van der Waals surface area contributed by atoms with Gasteiger partial charge < -0.3 is 19.7 Å². The molecule has 4 rings (SSSR count). The van der Waals surface area contributed by atoms with Crippen molar-refractivity contribution in [3.8, 4) is 11.5 Å². The normalized spacial score (nSPS) is 11.8. The van der Waals surface area contributed by atoms with Crippen LogP contribution in [0.3, 0.4) is 0 Å². The maximum absolute atomic E-state index is 14.6. The summed E-state index contributed by atoms with van der Waals surface area (Å²) >= 11 is 0. The summed E-state index contributed by atoms with van der Waals surface area (Å²) in [7, 11) is -1.25. The SMILES string of the molecule is COc1cccc(CN(C(=O)CN(c2ccccc2OC)S(=O)(=O)c2ccccc2)[C@@H](Cc2ccccc2)C(=O)NC(C)C)c1. The van der Waals surface area contributed by atoms with Gasteiger partial charge >= 0.3 is 0 Å². The zero-order valence-corrected chi connectivity index (χ0v) is 26.7. The number of hydrogen-bond acceptors (Lipinski definition) is 6. The first-order valence-electron chi connectivity index (χ1n) is 14.6. The summed E-state index contributed by atoms with van der Waals surface area (Å²) in [4.78, 5) is 29.8. The number of ether oxygens (including phenoxy) is 2. The van der Waals surface area contributed by atoms with Crippen LogP contribution < -0.4 is 19.1 Å². The van der Waals surface area contributed by atoms with E-state index in [0.717, 1.165) is 9.87 Å². The van der Waals surface area contributed by atoms with E-state index >= 15 is 0 Å². The molecule has 0 aliphatic rings. The number of nitrogens with zero attached hydrogens (tertiary/aromatic N) is 2. The second kappa shape index (κ2) is 15.3. The van der Waals surface area contributed by atoms with Crippen molar-refractivity contribution >= 4 is 27.5 Å². The minimum Gasteiger partial charge on any atom is -0.497 e. The van der Waals surface area contributed by atoms with Gasteiger partial charge in [-0.1, -0.05) is 72.8 Å². The van der Waals surface area contributed by atoms with E-state index in [2.05, 4.69) is 5.32 Å². The van der Waals surface area contributed by atoms with Crippen LogP contribution in [0, 0.1) is 0 Å². The van der Waals surface area contributed by atoms with Gasteiger partial charge in [-0.15, -0.1) is 0 Å². The average Bonchev–Trinajstić information content (AvgIpc) is 3.05. The van der Waals surface area contributed by atoms with Crippen LogP contribution in [0.4, 0.5) is 5.69 Å². The third kappa shape index (κ3) is 8.42. The van der Waals surface area contributed by atoms with Gasteiger partial charge in [0.05, 0.1) is 24.8 Å². The quantitative estimate of drug-likeness (QED) is 0.209. The van der Waals surface area contributed by atoms with Gasteiger partial charge in [0.1, 0.15) is 24.1 Å². The lowest BCUT2D eigenvalue weighted by Crippen LogP contribution is -2.54. The van der Waals surface area contributed by atoms with Crippen LogP contribution in [0.25, 0.3) is 0 Å². The lowest BCUT2D eigenvalue weighted by molar-refractivity contribution is -0.140. The Hall–Kier alpha value is -4.83. The summed E-state index contributed by atoms with van der Waals surface area (Å²) in [6.45, 7) is 3.15. The molecular weight excluding hydrogens is 590 g/mol. The fourth-order valence-electron chi connectivity index (χ4n) is 4.97. The molecule has 45 heavy (non-hydrogen) atoms. The molecule has 0 spiro atoms. The van der Waals surface area contributed by atoms with Crippen molar-refractivity contribution in [2.45, 2.75) is 43.8 Å². The maximum Gasteiger partial charge on any atom is 0.264 e. The van der Waals surface area contributed by atoms with Crippen molar-refractivity contribution in [3.63, 3.8) is 0 Å². The van der Waals surface area contributed by atoms with Crippen molar-refractivity contribution in [1.82, 2.24) is 10.2 Å². The largest absolute Gasteiger partial charge is 0.497 e. The summed E-state index contributed by atoms with van der Waals surface area (Å²) in [5.74, 6) is -0.0427.